The molecule has 0 atom stereocenters. The summed E-state index contributed by atoms with van der Waals surface area (Å²) in [5, 5.41) is 5.99. The molecule has 1 amide bonds. The van der Waals surface area contributed by atoms with E-state index in [0.717, 1.165) is 49.7 Å². The van der Waals surface area contributed by atoms with E-state index < -0.39 is 0 Å². The summed E-state index contributed by atoms with van der Waals surface area (Å²) in [4.78, 5) is 31.8. The van der Waals surface area contributed by atoms with Gasteiger partial charge in [0.25, 0.3) is 5.56 Å². The molecule has 0 radical (unpaired) electrons. The van der Waals surface area contributed by atoms with Gasteiger partial charge in [-0.1, -0.05) is 30.3 Å². The SMILES string of the molecule is Cc1[nH]n2c(=O)cc(CC(=O)NCCN3CCOCC3)nc2c1-c1ccccc1. The number of carbonyl (C=O) groups is 1. The number of rotatable bonds is 6. The van der Waals surface area contributed by atoms with Crippen LogP contribution in [0.1, 0.15) is 11.4 Å². The quantitative estimate of drug-likeness (QED) is 0.649. The zero-order chi connectivity index (χ0) is 20.2. The van der Waals surface area contributed by atoms with E-state index in [1.165, 1.54) is 10.6 Å². The number of ether oxygens (including phenoxy) is 1. The summed E-state index contributed by atoms with van der Waals surface area (Å²) in [6.07, 6.45) is 0.0767. The van der Waals surface area contributed by atoms with E-state index in [9.17, 15) is 9.59 Å². The van der Waals surface area contributed by atoms with Crippen LogP contribution >= 0.6 is 0 Å². The molecule has 1 aromatic carbocycles. The fourth-order valence-corrected chi connectivity index (χ4v) is 3.64. The van der Waals surface area contributed by atoms with Crippen molar-refractivity contribution in [1.29, 1.82) is 0 Å². The predicted octanol–water partition coefficient (Wildman–Crippen LogP) is 0.989. The minimum absolute atomic E-state index is 0.0767. The van der Waals surface area contributed by atoms with E-state index in [-0.39, 0.29) is 17.9 Å². The summed E-state index contributed by atoms with van der Waals surface area (Å²) in [5.41, 5.74) is 3.48. The smallest absolute Gasteiger partial charge is 0.272 e. The molecule has 3 aromatic rings. The van der Waals surface area contributed by atoms with E-state index in [1.807, 2.05) is 37.3 Å². The van der Waals surface area contributed by atoms with E-state index >= 15 is 0 Å². The van der Waals surface area contributed by atoms with Crippen LogP contribution < -0.4 is 10.9 Å². The van der Waals surface area contributed by atoms with Gasteiger partial charge in [0.1, 0.15) is 0 Å². The monoisotopic (exact) mass is 395 g/mol. The molecule has 0 bridgehead atoms. The lowest BCUT2D eigenvalue weighted by Crippen LogP contribution is -2.41. The Balaban J connectivity index is 1.49. The molecule has 2 N–H and O–H groups in total. The summed E-state index contributed by atoms with van der Waals surface area (Å²) in [5.74, 6) is -0.136. The molecule has 29 heavy (non-hydrogen) atoms. The number of morpholine rings is 1. The topological polar surface area (TPSA) is 91.7 Å². The molecule has 8 heteroatoms. The average molecular weight is 395 g/mol. The maximum absolute atomic E-state index is 12.5. The van der Waals surface area contributed by atoms with E-state index in [2.05, 4.69) is 20.3 Å². The Morgan fingerprint density at radius 2 is 2.00 bits per heavy atom. The third-order valence-electron chi connectivity index (χ3n) is 5.11. The van der Waals surface area contributed by atoms with Crippen LogP contribution in [0.2, 0.25) is 0 Å². The fraction of sp³-hybridized carbons (Fsp3) is 0.381. The molecule has 4 rings (SSSR count). The molecule has 1 aliphatic rings. The molecule has 3 heterocycles. The molecule has 8 nitrogen and oxygen atoms in total. The lowest BCUT2D eigenvalue weighted by molar-refractivity contribution is -0.120. The van der Waals surface area contributed by atoms with Crippen molar-refractivity contribution in [2.24, 2.45) is 0 Å². The molecule has 1 aliphatic heterocycles. The highest BCUT2D eigenvalue weighted by molar-refractivity contribution is 5.81. The Labute approximate surface area is 168 Å². The molecule has 2 aromatic heterocycles. The number of hydrogen-bond acceptors (Lipinski definition) is 5. The molecular formula is C21H25N5O3. The van der Waals surface area contributed by atoms with Crippen molar-refractivity contribution in [3.63, 3.8) is 0 Å². The fourth-order valence-electron chi connectivity index (χ4n) is 3.64. The number of hydrogen-bond donors (Lipinski definition) is 2. The van der Waals surface area contributed by atoms with Crippen LogP contribution in [0.25, 0.3) is 16.8 Å². The number of fused-ring (bicyclic) bond motifs is 1. The Morgan fingerprint density at radius 1 is 1.24 bits per heavy atom. The van der Waals surface area contributed by atoms with Gasteiger partial charge in [0.2, 0.25) is 5.91 Å². The van der Waals surface area contributed by atoms with E-state index in [0.29, 0.717) is 17.9 Å². The summed E-state index contributed by atoms with van der Waals surface area (Å²) in [6, 6.07) is 11.2. The molecule has 0 aliphatic carbocycles. The minimum atomic E-state index is -0.226. The number of aromatic amines is 1. The van der Waals surface area contributed by atoms with Crippen LogP contribution in [0, 0.1) is 6.92 Å². The normalized spacial score (nSPS) is 14.9. The number of carbonyl (C=O) groups excluding carboxylic acids is 1. The second-order valence-corrected chi connectivity index (χ2v) is 7.20. The summed E-state index contributed by atoms with van der Waals surface area (Å²) in [6.45, 7) is 6.52. The predicted molar refractivity (Wildman–Crippen MR) is 110 cm³/mol. The Bertz CT molecular complexity index is 1050. The third kappa shape index (κ3) is 4.38. The van der Waals surface area contributed by atoms with Gasteiger partial charge in [-0.25, -0.2) is 9.50 Å². The Kier molecular flexibility index (Phi) is 5.73. The maximum atomic E-state index is 12.5. The van der Waals surface area contributed by atoms with Gasteiger partial charge < -0.3 is 10.1 Å². The molecule has 0 unspecified atom stereocenters. The maximum Gasteiger partial charge on any atom is 0.272 e. The van der Waals surface area contributed by atoms with Gasteiger partial charge in [-0.2, -0.15) is 0 Å². The highest BCUT2D eigenvalue weighted by Gasteiger charge is 2.16. The molecule has 1 saturated heterocycles. The van der Waals surface area contributed by atoms with Crippen molar-refractivity contribution < 1.29 is 9.53 Å². The average Bonchev–Trinajstić information content (AvgIpc) is 3.06. The molecule has 0 saturated carbocycles. The van der Waals surface area contributed by atoms with Gasteiger partial charge in [-0.05, 0) is 12.5 Å². The zero-order valence-corrected chi connectivity index (χ0v) is 16.5. The first-order valence-electron chi connectivity index (χ1n) is 9.85. The first kappa shape index (κ1) is 19.4. The zero-order valence-electron chi connectivity index (χ0n) is 16.5. The van der Waals surface area contributed by atoms with Gasteiger partial charge in [0, 0.05) is 43.5 Å². The first-order chi connectivity index (χ1) is 14.1. The van der Waals surface area contributed by atoms with Crippen molar-refractivity contribution in [3.05, 3.63) is 58.1 Å². The number of nitrogens with one attached hydrogen (secondary N) is 2. The Morgan fingerprint density at radius 3 is 2.76 bits per heavy atom. The van der Waals surface area contributed by atoms with Gasteiger partial charge in [0.05, 0.1) is 25.3 Å². The van der Waals surface area contributed by atoms with Crippen molar-refractivity contribution in [1.82, 2.24) is 24.8 Å². The van der Waals surface area contributed by atoms with Gasteiger partial charge >= 0.3 is 0 Å². The van der Waals surface area contributed by atoms with E-state index in [1.54, 1.807) is 0 Å². The second-order valence-electron chi connectivity index (χ2n) is 7.20. The number of amides is 1. The van der Waals surface area contributed by atoms with Crippen LogP contribution in [0.5, 0.6) is 0 Å². The van der Waals surface area contributed by atoms with Crippen LogP contribution in [-0.2, 0) is 16.0 Å². The van der Waals surface area contributed by atoms with Crippen LogP contribution in [-0.4, -0.2) is 64.8 Å². The van der Waals surface area contributed by atoms with E-state index in [4.69, 9.17) is 4.74 Å². The number of H-pyrrole nitrogens is 1. The molecular weight excluding hydrogens is 370 g/mol. The highest BCUT2D eigenvalue weighted by atomic mass is 16.5. The molecule has 0 spiro atoms. The van der Waals surface area contributed by atoms with Gasteiger partial charge in [0.15, 0.2) is 5.65 Å². The largest absolute Gasteiger partial charge is 0.379 e. The van der Waals surface area contributed by atoms with Crippen molar-refractivity contribution in [3.8, 4) is 11.1 Å². The van der Waals surface area contributed by atoms with Gasteiger partial charge in [-0.15, -0.1) is 0 Å². The van der Waals surface area contributed by atoms with Crippen LogP contribution in [0.3, 0.4) is 0 Å². The summed E-state index contributed by atoms with van der Waals surface area (Å²) < 4.78 is 6.75. The summed E-state index contributed by atoms with van der Waals surface area (Å²) >= 11 is 0. The number of aromatic nitrogens is 3. The molecule has 1 fully saturated rings. The number of nitrogens with zero attached hydrogens (tertiary/aromatic N) is 3. The van der Waals surface area contributed by atoms with Gasteiger partial charge in [-0.3, -0.25) is 19.6 Å². The standard InChI is InChI=1S/C21H25N5O3/c1-15-20(16-5-3-2-4-6-16)21-23-17(14-19(28)26(21)24-15)13-18(27)22-7-8-25-9-11-29-12-10-25/h2-6,14,24H,7-13H2,1H3,(H,22,27). The van der Waals surface area contributed by atoms with Crippen molar-refractivity contribution >= 4 is 11.6 Å². The number of aryl methyl sites for hydroxylation is 1. The van der Waals surface area contributed by atoms with Crippen molar-refractivity contribution in [2.45, 2.75) is 13.3 Å². The van der Waals surface area contributed by atoms with Crippen molar-refractivity contribution in [2.75, 3.05) is 39.4 Å². The lowest BCUT2D eigenvalue weighted by atomic mass is 10.1. The van der Waals surface area contributed by atoms with Crippen LogP contribution in [0.15, 0.2) is 41.2 Å². The highest BCUT2D eigenvalue weighted by Crippen LogP contribution is 2.26. The van der Waals surface area contributed by atoms with Crippen LogP contribution in [0.4, 0.5) is 0 Å². The Hall–Kier alpha value is -2.97. The minimum Gasteiger partial charge on any atom is -0.379 e. The summed E-state index contributed by atoms with van der Waals surface area (Å²) in [7, 11) is 0. The number of benzene rings is 1. The lowest BCUT2D eigenvalue weighted by Gasteiger charge is -2.26. The first-order valence-corrected chi connectivity index (χ1v) is 9.85. The third-order valence-corrected chi connectivity index (χ3v) is 5.11. The molecule has 152 valence electrons. The second kappa shape index (κ2) is 8.59.